The average molecular weight is 404 g/mol. The van der Waals surface area contributed by atoms with E-state index < -0.39 is 27.6 Å². The van der Waals surface area contributed by atoms with E-state index in [4.69, 9.17) is 0 Å². The molecule has 2 rings (SSSR count). The molecule has 2 aliphatic rings. The number of hydrogen-bond donors (Lipinski definition) is 3. The highest BCUT2D eigenvalue weighted by molar-refractivity contribution is 7.90. The van der Waals surface area contributed by atoms with Crippen LogP contribution in [-0.4, -0.2) is 62.1 Å². The van der Waals surface area contributed by atoms with Crippen molar-refractivity contribution in [1.82, 2.24) is 15.7 Å². The summed E-state index contributed by atoms with van der Waals surface area (Å²) < 4.78 is 22.8. The van der Waals surface area contributed by atoms with Crippen molar-refractivity contribution in [3.63, 3.8) is 0 Å². The quantitative estimate of drug-likeness (QED) is 0.389. The number of rotatable bonds is 9. The van der Waals surface area contributed by atoms with Crippen molar-refractivity contribution in [2.45, 2.75) is 51.4 Å². The Hall–Kier alpha value is -1.19. The van der Waals surface area contributed by atoms with Gasteiger partial charge in [-0.2, -0.15) is 0 Å². The lowest BCUT2D eigenvalue weighted by Crippen LogP contribution is -2.49. The molecule has 2 fully saturated rings. The summed E-state index contributed by atoms with van der Waals surface area (Å²) in [6.07, 6.45) is 9.12. The van der Waals surface area contributed by atoms with Crippen molar-refractivity contribution in [3.05, 3.63) is 0 Å². The molecule has 2 amide bonds. The van der Waals surface area contributed by atoms with Crippen LogP contribution >= 0.6 is 0 Å². The molecule has 8 nitrogen and oxygen atoms in total. The number of piperidine rings is 1. The van der Waals surface area contributed by atoms with Gasteiger partial charge in [0.25, 0.3) is 0 Å². The Kier molecular flexibility index (Phi) is 8.50. The maximum atomic E-state index is 13.2. The van der Waals surface area contributed by atoms with E-state index in [2.05, 4.69) is 5.32 Å². The van der Waals surface area contributed by atoms with E-state index in [1.807, 2.05) is 4.90 Å². The Balaban J connectivity index is 2.15. The molecule has 9 heteroatoms. The first kappa shape index (κ1) is 22.1. The smallest absolute Gasteiger partial charge is 0.248 e. The lowest BCUT2D eigenvalue weighted by atomic mass is 9.81. The van der Waals surface area contributed by atoms with Gasteiger partial charge in [0.2, 0.25) is 11.8 Å². The van der Waals surface area contributed by atoms with Gasteiger partial charge in [-0.25, -0.2) is 13.9 Å². The number of hydroxylamine groups is 1. The molecule has 2 atom stereocenters. The van der Waals surface area contributed by atoms with Gasteiger partial charge in [0.1, 0.15) is 0 Å². The van der Waals surface area contributed by atoms with E-state index in [1.165, 1.54) is 0 Å². The van der Waals surface area contributed by atoms with Crippen molar-refractivity contribution in [2.24, 2.45) is 17.8 Å². The van der Waals surface area contributed by atoms with Crippen molar-refractivity contribution < 1.29 is 23.2 Å². The first-order chi connectivity index (χ1) is 12.8. The van der Waals surface area contributed by atoms with E-state index in [0.29, 0.717) is 25.4 Å². The van der Waals surface area contributed by atoms with E-state index in [9.17, 15) is 23.2 Å². The molecular weight excluding hydrogens is 370 g/mol. The minimum Gasteiger partial charge on any atom is -0.342 e. The first-order valence-corrected chi connectivity index (χ1v) is 12.0. The van der Waals surface area contributed by atoms with Crippen LogP contribution < -0.4 is 10.8 Å². The van der Waals surface area contributed by atoms with Crippen LogP contribution in [0.25, 0.3) is 0 Å². The Morgan fingerprint density at radius 3 is 2.26 bits per heavy atom. The van der Waals surface area contributed by atoms with Crippen LogP contribution in [0.4, 0.5) is 0 Å². The average Bonchev–Trinajstić information content (AvgIpc) is 3.15. The predicted molar refractivity (Wildman–Crippen MR) is 102 cm³/mol. The zero-order valence-corrected chi connectivity index (χ0v) is 17.0. The third-order valence-corrected chi connectivity index (χ3v) is 6.44. The van der Waals surface area contributed by atoms with Crippen molar-refractivity contribution in [2.75, 3.05) is 31.8 Å². The summed E-state index contributed by atoms with van der Waals surface area (Å²) in [6, 6.07) is 0. The van der Waals surface area contributed by atoms with Crippen molar-refractivity contribution in [3.8, 4) is 0 Å². The highest BCUT2D eigenvalue weighted by atomic mass is 32.2. The summed E-state index contributed by atoms with van der Waals surface area (Å²) in [5.74, 6) is -1.90. The van der Waals surface area contributed by atoms with Crippen LogP contribution in [0.2, 0.25) is 0 Å². The zero-order valence-electron chi connectivity index (χ0n) is 16.2. The van der Waals surface area contributed by atoms with Crippen molar-refractivity contribution >= 4 is 21.7 Å². The number of carbonyl (C=O) groups excluding carboxylic acids is 2. The molecule has 27 heavy (non-hydrogen) atoms. The second-order valence-electron chi connectivity index (χ2n) is 7.99. The van der Waals surface area contributed by atoms with Crippen LogP contribution in [0, 0.1) is 17.8 Å². The molecule has 156 valence electrons. The highest BCUT2D eigenvalue weighted by Gasteiger charge is 2.38. The van der Waals surface area contributed by atoms with Gasteiger partial charge in [-0.05, 0) is 31.6 Å². The molecule has 1 saturated carbocycles. The second-order valence-corrected chi connectivity index (χ2v) is 10.1. The molecule has 0 radical (unpaired) electrons. The minimum absolute atomic E-state index is 0.0381. The number of hydrogen-bond acceptors (Lipinski definition) is 6. The van der Waals surface area contributed by atoms with E-state index in [-0.39, 0.29) is 18.3 Å². The Morgan fingerprint density at radius 2 is 1.70 bits per heavy atom. The zero-order chi connectivity index (χ0) is 19.9. The molecule has 1 aliphatic carbocycles. The highest BCUT2D eigenvalue weighted by Crippen LogP contribution is 2.34. The third-order valence-electron chi connectivity index (χ3n) is 5.71. The van der Waals surface area contributed by atoms with Crippen LogP contribution in [0.1, 0.15) is 51.4 Å². The summed E-state index contributed by atoms with van der Waals surface area (Å²) in [5, 5.41) is 12.0. The summed E-state index contributed by atoms with van der Waals surface area (Å²) in [7, 11) is -3.24. The number of sulfone groups is 1. The van der Waals surface area contributed by atoms with Gasteiger partial charge >= 0.3 is 0 Å². The number of likely N-dealkylation sites (tertiary alicyclic amines) is 1. The Bertz CT molecular complexity index is 598. The lowest BCUT2D eigenvalue weighted by Gasteiger charge is -2.34. The first-order valence-electron chi connectivity index (χ1n) is 9.93. The predicted octanol–water partition coefficient (Wildman–Crippen LogP) is 0.909. The fourth-order valence-corrected chi connectivity index (χ4v) is 4.78. The third kappa shape index (κ3) is 7.04. The van der Waals surface area contributed by atoms with Gasteiger partial charge in [0, 0.05) is 25.9 Å². The van der Waals surface area contributed by atoms with E-state index in [0.717, 1.165) is 51.2 Å². The van der Waals surface area contributed by atoms with Gasteiger partial charge < -0.3 is 10.2 Å². The normalized spacial score (nSPS) is 21.0. The van der Waals surface area contributed by atoms with Gasteiger partial charge in [-0.3, -0.25) is 14.8 Å². The molecule has 1 aliphatic heterocycles. The molecule has 1 saturated heterocycles. The minimum atomic E-state index is -3.24. The summed E-state index contributed by atoms with van der Waals surface area (Å²) in [5.41, 5.74) is 1.68. The fraction of sp³-hybridized carbons (Fsp3) is 0.889. The Labute approximate surface area is 161 Å². The summed E-state index contributed by atoms with van der Waals surface area (Å²) in [4.78, 5) is 27.4. The largest absolute Gasteiger partial charge is 0.342 e. The topological polar surface area (TPSA) is 116 Å². The maximum Gasteiger partial charge on any atom is 0.248 e. The monoisotopic (exact) mass is 403 g/mol. The molecule has 1 heterocycles. The van der Waals surface area contributed by atoms with Crippen molar-refractivity contribution in [1.29, 1.82) is 0 Å². The van der Waals surface area contributed by atoms with Gasteiger partial charge in [-0.15, -0.1) is 0 Å². The maximum absolute atomic E-state index is 13.2. The molecule has 0 bridgehead atoms. The Morgan fingerprint density at radius 1 is 1.07 bits per heavy atom. The molecular formula is C18H33N3O5S. The van der Waals surface area contributed by atoms with E-state index in [1.54, 1.807) is 5.48 Å². The molecule has 3 N–H and O–H groups in total. The molecule has 2 unspecified atom stereocenters. The van der Waals surface area contributed by atoms with Gasteiger partial charge in [0.05, 0.1) is 17.7 Å². The molecule has 0 aromatic carbocycles. The van der Waals surface area contributed by atoms with Gasteiger partial charge in [0.15, 0.2) is 9.84 Å². The van der Waals surface area contributed by atoms with Gasteiger partial charge in [-0.1, -0.05) is 25.7 Å². The SMILES string of the molecule is CS(=O)(=O)CNCC(C(=O)NO)C(CC1CCCC1)C(=O)N1CCCCC1. The summed E-state index contributed by atoms with van der Waals surface area (Å²) in [6.45, 7) is 1.44. The summed E-state index contributed by atoms with van der Waals surface area (Å²) >= 11 is 0. The van der Waals surface area contributed by atoms with Crippen LogP contribution in [-0.2, 0) is 19.4 Å². The number of carbonyl (C=O) groups is 2. The second kappa shape index (κ2) is 10.4. The fourth-order valence-electron chi connectivity index (χ4n) is 4.29. The number of amides is 2. The van der Waals surface area contributed by atoms with Crippen LogP contribution in [0.15, 0.2) is 0 Å². The van der Waals surface area contributed by atoms with Crippen LogP contribution in [0.3, 0.4) is 0 Å². The molecule has 0 aromatic heterocycles. The number of nitrogens with one attached hydrogen (secondary N) is 2. The molecule has 0 spiro atoms. The standard InChI is InChI=1S/C18H33N3O5S/c1-27(25,26)13-19-12-16(17(22)20-24)15(11-14-7-3-4-8-14)18(23)21-9-5-2-6-10-21/h14-16,19,24H,2-13H2,1H3,(H,20,22). The van der Waals surface area contributed by atoms with E-state index >= 15 is 0 Å². The lowest BCUT2D eigenvalue weighted by molar-refractivity contribution is -0.146. The molecule has 0 aromatic rings. The van der Waals surface area contributed by atoms with Crippen LogP contribution in [0.5, 0.6) is 0 Å². The number of nitrogens with zero attached hydrogens (tertiary/aromatic N) is 1.